The van der Waals surface area contributed by atoms with Crippen molar-refractivity contribution >= 4 is 12.4 Å². The monoisotopic (exact) mass is 372 g/mol. The lowest BCUT2D eigenvalue weighted by molar-refractivity contribution is 0.0810. The molecule has 1 unspecified atom stereocenters. The van der Waals surface area contributed by atoms with Crippen molar-refractivity contribution in [3.05, 3.63) is 0 Å². The summed E-state index contributed by atoms with van der Waals surface area (Å²) in [5, 5.41) is 3.55. The van der Waals surface area contributed by atoms with Gasteiger partial charge in [-0.15, -0.1) is 12.4 Å². The maximum absolute atomic E-state index is 3.55. The van der Waals surface area contributed by atoms with Crippen LogP contribution in [0.25, 0.3) is 0 Å². The number of nitrogens with zero attached hydrogens (tertiary/aromatic N) is 3. The van der Waals surface area contributed by atoms with Gasteiger partial charge in [0.1, 0.15) is 0 Å². The standard InChI is InChI=1S/C20H40N4.ClH/c1-22-12-8-20(9-13-22)24-14-6-18(7-15-24)5-11-23(2)17-19-4-3-10-21-16-19;/h18-21H,3-17H2,1-2H3;1H. The Hall–Kier alpha value is 0.130. The molecular weight excluding hydrogens is 332 g/mol. The summed E-state index contributed by atoms with van der Waals surface area (Å²) in [6, 6.07) is 0.878. The smallest absolute Gasteiger partial charge is 0.0120 e. The number of likely N-dealkylation sites (tertiary alicyclic amines) is 2. The van der Waals surface area contributed by atoms with Crippen molar-refractivity contribution in [3.8, 4) is 0 Å². The third kappa shape index (κ3) is 6.99. The molecule has 5 heteroatoms. The van der Waals surface area contributed by atoms with E-state index in [2.05, 4.69) is 34.1 Å². The Morgan fingerprint density at radius 2 is 1.68 bits per heavy atom. The Morgan fingerprint density at radius 3 is 2.32 bits per heavy atom. The van der Waals surface area contributed by atoms with Crippen LogP contribution in [0.15, 0.2) is 0 Å². The Morgan fingerprint density at radius 1 is 0.960 bits per heavy atom. The van der Waals surface area contributed by atoms with E-state index in [1.54, 1.807) is 0 Å². The number of piperidine rings is 3. The van der Waals surface area contributed by atoms with Gasteiger partial charge in [0, 0.05) is 12.6 Å². The van der Waals surface area contributed by atoms with Crippen molar-refractivity contribution in [3.63, 3.8) is 0 Å². The molecule has 0 spiro atoms. The predicted octanol–water partition coefficient (Wildman–Crippen LogP) is 2.54. The molecule has 25 heavy (non-hydrogen) atoms. The van der Waals surface area contributed by atoms with E-state index in [0.29, 0.717) is 0 Å². The number of hydrogen-bond acceptors (Lipinski definition) is 4. The lowest BCUT2D eigenvalue weighted by Gasteiger charge is -2.41. The summed E-state index contributed by atoms with van der Waals surface area (Å²) in [5.41, 5.74) is 0. The lowest BCUT2D eigenvalue weighted by atomic mass is 9.91. The van der Waals surface area contributed by atoms with Crippen LogP contribution in [-0.4, -0.2) is 87.2 Å². The molecule has 3 fully saturated rings. The summed E-state index contributed by atoms with van der Waals surface area (Å²) in [5.74, 6) is 1.86. The molecule has 0 aromatic carbocycles. The van der Waals surface area contributed by atoms with Crippen molar-refractivity contribution in [2.45, 2.75) is 51.0 Å². The first-order valence-electron chi connectivity index (χ1n) is 10.5. The molecule has 148 valence electrons. The fraction of sp³-hybridized carbons (Fsp3) is 1.00. The predicted molar refractivity (Wildman–Crippen MR) is 110 cm³/mol. The highest BCUT2D eigenvalue weighted by Crippen LogP contribution is 2.25. The van der Waals surface area contributed by atoms with Crippen molar-refractivity contribution in [1.82, 2.24) is 20.0 Å². The average molecular weight is 373 g/mol. The first-order valence-corrected chi connectivity index (χ1v) is 10.5. The normalized spacial score (nSPS) is 28.2. The third-order valence-electron chi connectivity index (χ3n) is 6.74. The van der Waals surface area contributed by atoms with Crippen LogP contribution in [0.3, 0.4) is 0 Å². The van der Waals surface area contributed by atoms with Gasteiger partial charge in [0.25, 0.3) is 0 Å². The number of nitrogens with one attached hydrogen (secondary N) is 1. The molecule has 3 saturated heterocycles. The van der Waals surface area contributed by atoms with E-state index in [1.165, 1.54) is 97.3 Å². The van der Waals surface area contributed by atoms with E-state index in [-0.39, 0.29) is 12.4 Å². The lowest BCUT2D eigenvalue weighted by Crippen LogP contribution is -2.47. The molecule has 0 aliphatic carbocycles. The zero-order valence-electron chi connectivity index (χ0n) is 16.6. The number of halogens is 1. The summed E-state index contributed by atoms with van der Waals surface area (Å²) >= 11 is 0. The minimum absolute atomic E-state index is 0. The molecule has 3 rings (SSSR count). The first kappa shape index (κ1) is 21.4. The van der Waals surface area contributed by atoms with Gasteiger partial charge in [-0.05, 0) is 117 Å². The van der Waals surface area contributed by atoms with E-state index in [0.717, 1.165) is 17.9 Å². The van der Waals surface area contributed by atoms with Crippen molar-refractivity contribution in [2.24, 2.45) is 11.8 Å². The van der Waals surface area contributed by atoms with E-state index >= 15 is 0 Å². The van der Waals surface area contributed by atoms with E-state index in [9.17, 15) is 0 Å². The van der Waals surface area contributed by atoms with Gasteiger partial charge in [-0.25, -0.2) is 0 Å². The van der Waals surface area contributed by atoms with Gasteiger partial charge in [-0.2, -0.15) is 0 Å². The van der Waals surface area contributed by atoms with Gasteiger partial charge in [0.15, 0.2) is 0 Å². The van der Waals surface area contributed by atoms with Crippen LogP contribution in [0.5, 0.6) is 0 Å². The zero-order chi connectivity index (χ0) is 16.8. The largest absolute Gasteiger partial charge is 0.316 e. The molecule has 0 aromatic heterocycles. The highest BCUT2D eigenvalue weighted by molar-refractivity contribution is 5.85. The Kier molecular flexibility index (Phi) is 9.50. The Balaban J connectivity index is 0.00000225. The van der Waals surface area contributed by atoms with Crippen LogP contribution in [0.2, 0.25) is 0 Å². The highest BCUT2D eigenvalue weighted by Gasteiger charge is 2.27. The zero-order valence-corrected chi connectivity index (χ0v) is 17.4. The molecular formula is C20H41ClN4. The average Bonchev–Trinajstić information content (AvgIpc) is 2.62. The molecule has 0 bridgehead atoms. The molecule has 0 radical (unpaired) electrons. The van der Waals surface area contributed by atoms with Crippen LogP contribution in [0, 0.1) is 11.8 Å². The quantitative estimate of drug-likeness (QED) is 0.773. The van der Waals surface area contributed by atoms with Crippen molar-refractivity contribution < 1.29 is 0 Å². The number of rotatable bonds is 6. The van der Waals surface area contributed by atoms with Crippen molar-refractivity contribution in [1.29, 1.82) is 0 Å². The molecule has 0 amide bonds. The second-order valence-corrected chi connectivity index (χ2v) is 8.78. The summed E-state index contributed by atoms with van der Waals surface area (Å²) < 4.78 is 0. The fourth-order valence-electron chi connectivity index (χ4n) is 4.98. The molecule has 1 N–H and O–H groups in total. The Labute approximate surface area is 162 Å². The highest BCUT2D eigenvalue weighted by atomic mass is 35.5. The summed E-state index contributed by atoms with van der Waals surface area (Å²) in [6.45, 7) is 10.4. The van der Waals surface area contributed by atoms with E-state index in [1.807, 2.05) is 0 Å². The van der Waals surface area contributed by atoms with Gasteiger partial charge in [0.05, 0.1) is 0 Å². The van der Waals surface area contributed by atoms with Gasteiger partial charge in [0.2, 0.25) is 0 Å². The second kappa shape index (κ2) is 11.1. The third-order valence-corrected chi connectivity index (χ3v) is 6.74. The van der Waals surface area contributed by atoms with Gasteiger partial charge < -0.3 is 20.0 Å². The topological polar surface area (TPSA) is 21.8 Å². The molecule has 3 heterocycles. The summed E-state index contributed by atoms with van der Waals surface area (Å²) in [4.78, 5) is 7.89. The van der Waals surface area contributed by atoms with Gasteiger partial charge >= 0.3 is 0 Å². The second-order valence-electron chi connectivity index (χ2n) is 8.78. The number of hydrogen-bond donors (Lipinski definition) is 1. The van der Waals surface area contributed by atoms with Crippen LogP contribution in [0.4, 0.5) is 0 Å². The summed E-state index contributed by atoms with van der Waals surface area (Å²) in [6.07, 6.45) is 9.85. The molecule has 0 saturated carbocycles. The molecule has 3 aliphatic rings. The molecule has 3 aliphatic heterocycles. The van der Waals surface area contributed by atoms with Crippen LogP contribution >= 0.6 is 12.4 Å². The Bertz CT molecular complexity index is 346. The van der Waals surface area contributed by atoms with Crippen LogP contribution in [0.1, 0.15) is 44.9 Å². The maximum Gasteiger partial charge on any atom is 0.0120 e. The van der Waals surface area contributed by atoms with Crippen molar-refractivity contribution in [2.75, 3.05) is 66.5 Å². The minimum atomic E-state index is 0. The molecule has 1 atom stereocenters. The molecule has 0 aromatic rings. The van der Waals surface area contributed by atoms with Gasteiger partial charge in [-0.1, -0.05) is 0 Å². The van der Waals surface area contributed by atoms with Crippen LogP contribution in [-0.2, 0) is 0 Å². The minimum Gasteiger partial charge on any atom is -0.316 e. The van der Waals surface area contributed by atoms with E-state index in [4.69, 9.17) is 0 Å². The first-order chi connectivity index (χ1) is 11.7. The van der Waals surface area contributed by atoms with Crippen LogP contribution < -0.4 is 5.32 Å². The SMILES string of the molecule is CN1CCC(N2CCC(CCN(C)CC3CCCNC3)CC2)CC1.Cl. The van der Waals surface area contributed by atoms with E-state index < -0.39 is 0 Å². The maximum atomic E-state index is 3.55. The van der Waals surface area contributed by atoms with Gasteiger partial charge in [-0.3, -0.25) is 0 Å². The molecule has 4 nitrogen and oxygen atoms in total. The fourth-order valence-corrected chi connectivity index (χ4v) is 4.98. The summed E-state index contributed by atoms with van der Waals surface area (Å²) in [7, 11) is 4.60.